The minimum absolute atomic E-state index is 0.403. The van der Waals surface area contributed by atoms with Gasteiger partial charge in [-0.15, -0.1) is 0 Å². The molecule has 0 N–H and O–H groups in total. The maximum absolute atomic E-state index is 12.0. The topological polar surface area (TPSA) is 44.1 Å². The summed E-state index contributed by atoms with van der Waals surface area (Å²) in [6.45, 7) is 0. The van der Waals surface area contributed by atoms with Crippen LogP contribution in [0.5, 0.6) is 0 Å². The van der Waals surface area contributed by atoms with Crippen LogP contribution in [0.15, 0.2) is 77.4 Å². The molecular formula is C25H17BrCl2N2O2. The van der Waals surface area contributed by atoms with Crippen molar-refractivity contribution < 1.29 is 9.53 Å². The van der Waals surface area contributed by atoms with Gasteiger partial charge in [-0.25, -0.2) is 9.78 Å². The van der Waals surface area contributed by atoms with Gasteiger partial charge < -0.3 is 4.74 Å². The highest BCUT2D eigenvalue weighted by Crippen LogP contribution is 2.31. The Hall–Kier alpha value is -2.86. The van der Waals surface area contributed by atoms with E-state index in [4.69, 9.17) is 32.9 Å². The predicted molar refractivity (Wildman–Crippen MR) is 133 cm³/mol. The molecule has 0 unspecified atom stereocenters. The zero-order valence-electron chi connectivity index (χ0n) is 16.9. The van der Waals surface area contributed by atoms with Gasteiger partial charge in [-0.3, -0.25) is 4.57 Å². The number of esters is 1. The molecule has 0 aliphatic carbocycles. The van der Waals surface area contributed by atoms with Gasteiger partial charge in [-0.2, -0.15) is 0 Å². The Balaban J connectivity index is 1.82. The number of benzene rings is 3. The third-order valence-electron chi connectivity index (χ3n) is 4.78. The van der Waals surface area contributed by atoms with E-state index in [0.29, 0.717) is 27.1 Å². The molecule has 4 aromatic rings. The largest absolute Gasteiger partial charge is 0.465 e. The van der Waals surface area contributed by atoms with Gasteiger partial charge in [0.15, 0.2) is 0 Å². The lowest BCUT2D eigenvalue weighted by Gasteiger charge is -2.07. The van der Waals surface area contributed by atoms with Crippen molar-refractivity contribution in [1.82, 2.24) is 9.55 Å². The summed E-state index contributed by atoms with van der Waals surface area (Å²) in [5.41, 5.74) is 3.69. The Morgan fingerprint density at radius 1 is 1.03 bits per heavy atom. The van der Waals surface area contributed by atoms with Crippen LogP contribution in [0.25, 0.3) is 29.1 Å². The summed E-state index contributed by atoms with van der Waals surface area (Å²) in [6, 6.07) is 20.4. The Morgan fingerprint density at radius 3 is 2.53 bits per heavy atom. The molecule has 7 heteroatoms. The van der Waals surface area contributed by atoms with Crippen molar-refractivity contribution in [3.05, 3.63) is 104 Å². The number of rotatable bonds is 5. The van der Waals surface area contributed by atoms with Gasteiger partial charge in [0, 0.05) is 26.9 Å². The number of carbonyl (C=O) groups is 1. The first-order chi connectivity index (χ1) is 15.4. The monoisotopic (exact) mass is 526 g/mol. The fraction of sp³-hybridized carbons (Fsp3) is 0.0400. The van der Waals surface area contributed by atoms with Crippen molar-refractivity contribution in [2.24, 2.45) is 0 Å². The maximum Gasteiger partial charge on any atom is 0.337 e. The molecule has 0 saturated heterocycles. The molecule has 32 heavy (non-hydrogen) atoms. The number of halogens is 3. The molecule has 0 bridgehead atoms. The van der Waals surface area contributed by atoms with Crippen LogP contribution in [0.4, 0.5) is 0 Å². The molecule has 4 rings (SSSR count). The SMILES string of the molecule is COC(=O)c1cccc(-n2cc(-c3ccc(Cl)cc3Cl)nc2/C=C/c2ccc(Br)cc2)c1. The van der Waals surface area contributed by atoms with E-state index in [9.17, 15) is 4.79 Å². The third kappa shape index (κ3) is 4.96. The summed E-state index contributed by atoms with van der Waals surface area (Å²) in [7, 11) is 1.36. The van der Waals surface area contributed by atoms with Gasteiger partial charge in [0.2, 0.25) is 0 Å². The molecule has 0 atom stereocenters. The van der Waals surface area contributed by atoms with E-state index in [2.05, 4.69) is 15.9 Å². The molecule has 0 aliphatic rings. The summed E-state index contributed by atoms with van der Waals surface area (Å²) < 4.78 is 7.78. The van der Waals surface area contributed by atoms with E-state index in [1.807, 2.05) is 59.3 Å². The number of methoxy groups -OCH3 is 1. The Bertz CT molecular complexity index is 1310. The van der Waals surface area contributed by atoms with Crippen molar-refractivity contribution in [2.45, 2.75) is 0 Å². The second-order valence-corrected chi connectivity index (χ2v) is 8.66. The average molecular weight is 528 g/mol. The van der Waals surface area contributed by atoms with Crippen LogP contribution in [0.2, 0.25) is 10.0 Å². The molecule has 4 nitrogen and oxygen atoms in total. The first kappa shape index (κ1) is 22.3. The van der Waals surface area contributed by atoms with Crippen molar-refractivity contribution >= 4 is 57.3 Å². The lowest BCUT2D eigenvalue weighted by Crippen LogP contribution is -2.03. The number of aromatic nitrogens is 2. The summed E-state index contributed by atoms with van der Waals surface area (Å²) >= 11 is 15.9. The highest BCUT2D eigenvalue weighted by atomic mass is 79.9. The minimum atomic E-state index is -0.403. The smallest absolute Gasteiger partial charge is 0.337 e. The summed E-state index contributed by atoms with van der Waals surface area (Å²) in [4.78, 5) is 16.8. The zero-order valence-corrected chi connectivity index (χ0v) is 20.0. The minimum Gasteiger partial charge on any atom is -0.465 e. The van der Waals surface area contributed by atoms with Crippen LogP contribution in [0.3, 0.4) is 0 Å². The summed E-state index contributed by atoms with van der Waals surface area (Å²) in [5, 5.41) is 1.06. The van der Waals surface area contributed by atoms with Crippen LogP contribution in [-0.2, 0) is 4.74 Å². The summed E-state index contributed by atoms with van der Waals surface area (Å²) in [5.74, 6) is 0.274. The Kier molecular flexibility index (Phi) is 6.80. The van der Waals surface area contributed by atoms with E-state index >= 15 is 0 Å². The molecule has 0 amide bonds. The molecule has 0 aliphatic heterocycles. The van der Waals surface area contributed by atoms with E-state index in [1.54, 1.807) is 30.3 Å². The van der Waals surface area contributed by atoms with Crippen molar-refractivity contribution in [2.75, 3.05) is 7.11 Å². The number of hydrogen-bond acceptors (Lipinski definition) is 3. The molecule has 0 spiro atoms. The van der Waals surface area contributed by atoms with Crippen LogP contribution in [-0.4, -0.2) is 22.6 Å². The van der Waals surface area contributed by atoms with Crippen LogP contribution in [0, 0.1) is 0 Å². The Morgan fingerprint density at radius 2 is 1.81 bits per heavy atom. The fourth-order valence-electron chi connectivity index (χ4n) is 3.19. The standard InChI is InChI=1S/C25H17BrCl2N2O2/c1-32-25(31)17-3-2-4-20(13-17)30-15-23(21-11-10-19(27)14-22(21)28)29-24(30)12-7-16-5-8-18(26)9-6-16/h2-15H,1H3/b12-7+. The molecule has 1 heterocycles. The van der Waals surface area contributed by atoms with Gasteiger partial charge in [0.25, 0.3) is 0 Å². The van der Waals surface area contributed by atoms with Gasteiger partial charge in [-0.05, 0) is 60.2 Å². The maximum atomic E-state index is 12.0. The summed E-state index contributed by atoms with van der Waals surface area (Å²) in [6.07, 6.45) is 5.77. The normalized spacial score (nSPS) is 11.1. The third-order valence-corrected chi connectivity index (χ3v) is 5.86. The number of ether oxygens (including phenoxy) is 1. The number of nitrogens with zero attached hydrogens (tertiary/aromatic N) is 2. The molecule has 0 fully saturated rings. The first-order valence-electron chi connectivity index (χ1n) is 9.62. The van der Waals surface area contributed by atoms with Gasteiger partial charge >= 0.3 is 5.97 Å². The molecule has 160 valence electrons. The molecular weight excluding hydrogens is 511 g/mol. The van der Waals surface area contributed by atoms with Crippen molar-refractivity contribution in [3.63, 3.8) is 0 Å². The van der Waals surface area contributed by atoms with Gasteiger partial charge in [0.1, 0.15) is 5.82 Å². The molecule has 0 radical (unpaired) electrons. The van der Waals surface area contributed by atoms with Gasteiger partial charge in [-0.1, -0.05) is 63.4 Å². The lowest BCUT2D eigenvalue weighted by molar-refractivity contribution is 0.0600. The zero-order chi connectivity index (χ0) is 22.7. The van der Waals surface area contributed by atoms with E-state index < -0.39 is 5.97 Å². The lowest BCUT2D eigenvalue weighted by atomic mass is 10.1. The second kappa shape index (κ2) is 9.74. The van der Waals surface area contributed by atoms with E-state index in [-0.39, 0.29) is 0 Å². The highest BCUT2D eigenvalue weighted by molar-refractivity contribution is 9.10. The van der Waals surface area contributed by atoms with Gasteiger partial charge in [0.05, 0.1) is 23.4 Å². The van der Waals surface area contributed by atoms with Crippen LogP contribution in [0.1, 0.15) is 21.7 Å². The van der Waals surface area contributed by atoms with Crippen LogP contribution >= 0.6 is 39.1 Å². The molecule has 3 aromatic carbocycles. The quantitative estimate of drug-likeness (QED) is 0.251. The van der Waals surface area contributed by atoms with Crippen molar-refractivity contribution in [3.8, 4) is 16.9 Å². The predicted octanol–water partition coefficient (Wildman–Crippen LogP) is 7.57. The number of carbonyl (C=O) groups excluding carboxylic acids is 1. The number of hydrogen-bond donors (Lipinski definition) is 0. The highest BCUT2D eigenvalue weighted by Gasteiger charge is 2.14. The second-order valence-electron chi connectivity index (χ2n) is 6.91. The molecule has 0 saturated carbocycles. The van der Waals surface area contributed by atoms with E-state index in [1.165, 1.54) is 7.11 Å². The average Bonchev–Trinajstić information content (AvgIpc) is 3.22. The first-order valence-corrected chi connectivity index (χ1v) is 11.2. The molecule has 1 aromatic heterocycles. The Labute approximate surface area is 204 Å². The van der Waals surface area contributed by atoms with Crippen LogP contribution < -0.4 is 0 Å². The number of imidazole rings is 1. The van der Waals surface area contributed by atoms with Crippen molar-refractivity contribution in [1.29, 1.82) is 0 Å². The fourth-order valence-corrected chi connectivity index (χ4v) is 3.96. The van der Waals surface area contributed by atoms with E-state index in [0.717, 1.165) is 21.3 Å².